The first kappa shape index (κ1) is 12.6. The van der Waals surface area contributed by atoms with Gasteiger partial charge in [-0.1, -0.05) is 19.1 Å². The Morgan fingerprint density at radius 1 is 1.50 bits per heavy atom. The van der Waals surface area contributed by atoms with Crippen LogP contribution in [-0.4, -0.2) is 39.3 Å². The molecule has 1 atom stereocenters. The predicted octanol–water partition coefficient (Wildman–Crippen LogP) is 1.13. The highest BCUT2D eigenvalue weighted by molar-refractivity contribution is 5.86. The number of hydrogen-bond acceptors (Lipinski definition) is 4. The molecule has 16 heavy (non-hydrogen) atoms. The molecule has 0 saturated carbocycles. The van der Waals surface area contributed by atoms with E-state index >= 15 is 0 Å². The zero-order chi connectivity index (χ0) is 12.3. The minimum atomic E-state index is -1.04. The second kappa shape index (κ2) is 5.07. The third-order valence-corrected chi connectivity index (χ3v) is 2.36. The lowest BCUT2D eigenvalue weighted by atomic mass is 10.1. The first-order chi connectivity index (χ1) is 7.47. The second-order valence-electron chi connectivity index (χ2n) is 4.01. The topological polar surface area (TPSA) is 77.2 Å². The van der Waals surface area contributed by atoms with Gasteiger partial charge < -0.3 is 9.84 Å². The van der Waals surface area contributed by atoms with Gasteiger partial charge >= 0.3 is 5.97 Å². The van der Waals surface area contributed by atoms with E-state index in [9.17, 15) is 4.79 Å². The van der Waals surface area contributed by atoms with Gasteiger partial charge in [0.2, 0.25) is 0 Å². The molecule has 0 aliphatic rings. The van der Waals surface area contributed by atoms with E-state index < -0.39 is 5.97 Å². The maximum Gasteiger partial charge on any atom is 0.358 e. The molecule has 0 aliphatic heterocycles. The van der Waals surface area contributed by atoms with Gasteiger partial charge in [-0.05, 0) is 12.8 Å². The van der Waals surface area contributed by atoms with E-state index in [0.29, 0.717) is 12.2 Å². The van der Waals surface area contributed by atoms with Gasteiger partial charge in [0.15, 0.2) is 5.69 Å². The summed E-state index contributed by atoms with van der Waals surface area (Å²) in [4.78, 5) is 10.9. The lowest BCUT2D eigenvalue weighted by molar-refractivity contribution is 0.0688. The molecule has 1 N–H and O–H groups in total. The predicted molar refractivity (Wildman–Crippen MR) is 57.5 cm³/mol. The zero-order valence-electron chi connectivity index (χ0n) is 9.97. The van der Waals surface area contributed by atoms with Gasteiger partial charge in [0, 0.05) is 7.11 Å². The summed E-state index contributed by atoms with van der Waals surface area (Å²) in [5.41, 5.74) is 0.662. The SMILES string of the molecule is COC(C)Cn1nnc(C(=O)O)c1C(C)C. The monoisotopic (exact) mass is 227 g/mol. The van der Waals surface area contributed by atoms with E-state index in [1.54, 1.807) is 11.8 Å². The Bertz CT molecular complexity index is 373. The van der Waals surface area contributed by atoms with Crippen molar-refractivity contribution >= 4 is 5.97 Å². The highest BCUT2D eigenvalue weighted by atomic mass is 16.5. The van der Waals surface area contributed by atoms with Gasteiger partial charge in [0.1, 0.15) is 0 Å². The maximum atomic E-state index is 10.9. The Hall–Kier alpha value is -1.43. The fourth-order valence-corrected chi connectivity index (χ4v) is 1.50. The summed E-state index contributed by atoms with van der Waals surface area (Å²) in [6.45, 7) is 6.23. The first-order valence-electron chi connectivity index (χ1n) is 5.16. The lowest BCUT2D eigenvalue weighted by Crippen LogP contribution is -2.19. The van der Waals surface area contributed by atoms with Crippen LogP contribution in [0.4, 0.5) is 0 Å². The average Bonchev–Trinajstić information content (AvgIpc) is 2.61. The van der Waals surface area contributed by atoms with Gasteiger partial charge in [-0.2, -0.15) is 0 Å². The Morgan fingerprint density at radius 3 is 2.56 bits per heavy atom. The summed E-state index contributed by atoms with van der Waals surface area (Å²) in [5, 5.41) is 16.5. The van der Waals surface area contributed by atoms with Crippen molar-refractivity contribution < 1.29 is 14.6 Å². The van der Waals surface area contributed by atoms with E-state index in [4.69, 9.17) is 9.84 Å². The van der Waals surface area contributed by atoms with Crippen LogP contribution in [0.25, 0.3) is 0 Å². The fourth-order valence-electron chi connectivity index (χ4n) is 1.50. The van der Waals surface area contributed by atoms with Gasteiger partial charge in [-0.15, -0.1) is 5.10 Å². The molecular formula is C10H17N3O3. The van der Waals surface area contributed by atoms with Crippen molar-refractivity contribution in [3.8, 4) is 0 Å². The number of rotatable bonds is 5. The summed E-state index contributed by atoms with van der Waals surface area (Å²) in [5.74, 6) is -0.981. The molecule has 0 bridgehead atoms. The zero-order valence-corrected chi connectivity index (χ0v) is 9.97. The Labute approximate surface area is 94.2 Å². The minimum absolute atomic E-state index is 0.0262. The molecule has 1 rings (SSSR count). The van der Waals surface area contributed by atoms with Crippen molar-refractivity contribution in [3.05, 3.63) is 11.4 Å². The molecule has 1 aromatic rings. The summed E-state index contributed by atoms with van der Waals surface area (Å²) in [6.07, 6.45) is -0.0270. The number of carboxylic acids is 1. The van der Waals surface area contributed by atoms with Gasteiger partial charge in [-0.3, -0.25) is 0 Å². The van der Waals surface area contributed by atoms with Crippen LogP contribution in [0.15, 0.2) is 0 Å². The van der Waals surface area contributed by atoms with E-state index in [1.807, 2.05) is 20.8 Å². The largest absolute Gasteiger partial charge is 0.476 e. The number of carbonyl (C=O) groups is 1. The van der Waals surface area contributed by atoms with Crippen molar-refractivity contribution in [3.63, 3.8) is 0 Å². The van der Waals surface area contributed by atoms with Gasteiger partial charge in [0.25, 0.3) is 0 Å². The van der Waals surface area contributed by atoms with Crippen molar-refractivity contribution in [2.45, 2.75) is 39.3 Å². The molecule has 1 unspecified atom stereocenters. The summed E-state index contributed by atoms with van der Waals surface area (Å²) >= 11 is 0. The third-order valence-electron chi connectivity index (χ3n) is 2.36. The lowest BCUT2D eigenvalue weighted by Gasteiger charge is -2.13. The number of hydrogen-bond donors (Lipinski definition) is 1. The second-order valence-corrected chi connectivity index (χ2v) is 4.01. The fraction of sp³-hybridized carbons (Fsp3) is 0.700. The molecule has 0 spiro atoms. The van der Waals surface area contributed by atoms with E-state index in [0.717, 1.165) is 0 Å². The Kier molecular flexibility index (Phi) is 4.00. The Morgan fingerprint density at radius 2 is 2.12 bits per heavy atom. The molecule has 0 saturated heterocycles. The van der Waals surface area contributed by atoms with Crippen LogP contribution in [0.1, 0.15) is 42.9 Å². The van der Waals surface area contributed by atoms with Crippen LogP contribution >= 0.6 is 0 Å². The van der Waals surface area contributed by atoms with Gasteiger partial charge in [-0.25, -0.2) is 9.48 Å². The highest BCUT2D eigenvalue weighted by Crippen LogP contribution is 2.18. The van der Waals surface area contributed by atoms with Crippen molar-refractivity contribution in [2.75, 3.05) is 7.11 Å². The highest BCUT2D eigenvalue weighted by Gasteiger charge is 2.22. The quantitative estimate of drug-likeness (QED) is 0.816. The van der Waals surface area contributed by atoms with Crippen LogP contribution in [0.2, 0.25) is 0 Å². The number of carboxylic acid groups (broad SMARTS) is 1. The molecule has 0 fully saturated rings. The van der Waals surface area contributed by atoms with E-state index in [1.165, 1.54) is 0 Å². The molecule has 1 heterocycles. The molecule has 90 valence electrons. The number of aromatic nitrogens is 3. The minimum Gasteiger partial charge on any atom is -0.476 e. The Balaban J connectivity index is 3.05. The molecule has 0 radical (unpaired) electrons. The number of ether oxygens (including phenoxy) is 1. The van der Waals surface area contributed by atoms with Crippen LogP contribution in [0.5, 0.6) is 0 Å². The average molecular weight is 227 g/mol. The van der Waals surface area contributed by atoms with Crippen LogP contribution in [-0.2, 0) is 11.3 Å². The normalized spacial score (nSPS) is 13.1. The molecule has 0 amide bonds. The summed E-state index contributed by atoms with van der Waals surface area (Å²) in [7, 11) is 1.61. The van der Waals surface area contributed by atoms with E-state index in [-0.39, 0.29) is 17.7 Å². The van der Waals surface area contributed by atoms with Crippen molar-refractivity contribution in [2.24, 2.45) is 0 Å². The summed E-state index contributed by atoms with van der Waals surface area (Å²) < 4.78 is 6.72. The number of nitrogens with zero attached hydrogens (tertiary/aromatic N) is 3. The van der Waals surface area contributed by atoms with Crippen molar-refractivity contribution in [1.82, 2.24) is 15.0 Å². The van der Waals surface area contributed by atoms with E-state index in [2.05, 4.69) is 10.3 Å². The van der Waals surface area contributed by atoms with Crippen LogP contribution in [0.3, 0.4) is 0 Å². The standard InChI is InChI=1S/C10H17N3O3/c1-6(2)9-8(10(14)15)11-12-13(9)5-7(3)16-4/h6-7H,5H2,1-4H3,(H,14,15). The first-order valence-corrected chi connectivity index (χ1v) is 5.16. The van der Waals surface area contributed by atoms with Crippen molar-refractivity contribution in [1.29, 1.82) is 0 Å². The van der Waals surface area contributed by atoms with Crippen LogP contribution in [0, 0.1) is 0 Å². The third kappa shape index (κ3) is 2.57. The maximum absolute atomic E-state index is 10.9. The van der Waals surface area contributed by atoms with Crippen LogP contribution < -0.4 is 0 Å². The summed E-state index contributed by atoms with van der Waals surface area (Å²) in [6, 6.07) is 0. The smallest absolute Gasteiger partial charge is 0.358 e. The number of methoxy groups -OCH3 is 1. The molecular weight excluding hydrogens is 210 g/mol. The number of aromatic carboxylic acids is 1. The molecule has 6 nitrogen and oxygen atoms in total. The van der Waals surface area contributed by atoms with Gasteiger partial charge in [0.05, 0.1) is 18.3 Å². The molecule has 6 heteroatoms. The molecule has 0 aliphatic carbocycles. The molecule has 0 aromatic carbocycles. The molecule has 1 aromatic heterocycles.